The van der Waals surface area contributed by atoms with Gasteiger partial charge in [-0.3, -0.25) is 14.9 Å². The van der Waals surface area contributed by atoms with Gasteiger partial charge >= 0.3 is 6.03 Å². The third-order valence-corrected chi connectivity index (χ3v) is 3.82. The molecule has 2 aromatic carbocycles. The van der Waals surface area contributed by atoms with Gasteiger partial charge in [0.25, 0.3) is 11.8 Å². The average molecular weight is 320 g/mol. The Morgan fingerprint density at radius 3 is 2.38 bits per heavy atom. The van der Waals surface area contributed by atoms with Crippen LogP contribution in [-0.4, -0.2) is 17.8 Å². The van der Waals surface area contributed by atoms with Crippen LogP contribution < -0.4 is 10.2 Å². The fraction of sp³-hybridized carbons (Fsp3) is 0.105. The second kappa shape index (κ2) is 6.12. The molecular formula is C19H16N2O3. The topological polar surface area (TPSA) is 66.5 Å². The number of aryl methyl sites for hydroxylation is 2. The van der Waals surface area contributed by atoms with Crippen LogP contribution in [0.3, 0.4) is 0 Å². The van der Waals surface area contributed by atoms with Crippen molar-refractivity contribution in [2.75, 3.05) is 4.90 Å². The van der Waals surface area contributed by atoms with Gasteiger partial charge in [-0.1, -0.05) is 42.5 Å². The molecule has 4 amide bonds. The van der Waals surface area contributed by atoms with E-state index in [2.05, 4.69) is 5.32 Å². The minimum Gasteiger partial charge on any atom is -0.273 e. The standard InChI is InChI=1S/C19H16N2O3/c1-12-8-9-13(2)16(10-12)21-18(23)15(17(22)20-19(21)24)11-14-6-4-3-5-7-14/h3-11H,1-2H3,(H,20,22,24)/b15-11+. The summed E-state index contributed by atoms with van der Waals surface area (Å²) in [4.78, 5) is 38.1. The van der Waals surface area contributed by atoms with E-state index in [1.54, 1.807) is 18.2 Å². The number of nitrogens with zero attached hydrogens (tertiary/aromatic N) is 1. The number of anilines is 1. The summed E-state index contributed by atoms with van der Waals surface area (Å²) >= 11 is 0. The molecule has 1 fully saturated rings. The van der Waals surface area contributed by atoms with Gasteiger partial charge in [0.1, 0.15) is 5.57 Å². The second-order valence-electron chi connectivity index (χ2n) is 5.66. The highest BCUT2D eigenvalue weighted by molar-refractivity contribution is 6.39. The molecule has 5 nitrogen and oxygen atoms in total. The zero-order valence-electron chi connectivity index (χ0n) is 13.4. The molecule has 1 aliphatic heterocycles. The number of amides is 4. The van der Waals surface area contributed by atoms with Gasteiger partial charge in [0.15, 0.2) is 0 Å². The molecule has 1 heterocycles. The number of nitrogens with one attached hydrogen (secondary N) is 1. The van der Waals surface area contributed by atoms with Crippen molar-refractivity contribution in [1.29, 1.82) is 0 Å². The number of hydrogen-bond acceptors (Lipinski definition) is 3. The first kappa shape index (κ1) is 15.7. The Labute approximate surface area is 139 Å². The van der Waals surface area contributed by atoms with Crippen molar-refractivity contribution in [2.24, 2.45) is 0 Å². The summed E-state index contributed by atoms with van der Waals surface area (Å²) in [5, 5.41) is 2.23. The summed E-state index contributed by atoms with van der Waals surface area (Å²) in [6.45, 7) is 3.69. The SMILES string of the molecule is Cc1ccc(C)c(N2C(=O)NC(=O)/C(=C\c3ccccc3)C2=O)c1. The molecule has 5 heteroatoms. The number of imide groups is 2. The van der Waals surface area contributed by atoms with Gasteiger partial charge in [-0.05, 0) is 42.7 Å². The number of hydrogen-bond donors (Lipinski definition) is 1. The quantitative estimate of drug-likeness (QED) is 0.683. The van der Waals surface area contributed by atoms with Crippen LogP contribution >= 0.6 is 0 Å². The fourth-order valence-electron chi connectivity index (χ4n) is 2.55. The van der Waals surface area contributed by atoms with Crippen molar-refractivity contribution >= 4 is 29.6 Å². The lowest BCUT2D eigenvalue weighted by Crippen LogP contribution is -2.54. The van der Waals surface area contributed by atoms with Crippen LogP contribution in [0.1, 0.15) is 16.7 Å². The van der Waals surface area contributed by atoms with Gasteiger partial charge in [-0.15, -0.1) is 0 Å². The van der Waals surface area contributed by atoms with E-state index >= 15 is 0 Å². The maximum absolute atomic E-state index is 12.8. The monoisotopic (exact) mass is 320 g/mol. The highest BCUT2D eigenvalue weighted by atomic mass is 16.2. The molecule has 3 rings (SSSR count). The van der Waals surface area contributed by atoms with Crippen molar-refractivity contribution in [2.45, 2.75) is 13.8 Å². The Morgan fingerprint density at radius 2 is 1.67 bits per heavy atom. The van der Waals surface area contributed by atoms with Crippen LogP contribution in [0.5, 0.6) is 0 Å². The predicted octanol–water partition coefficient (Wildman–Crippen LogP) is 2.97. The molecule has 0 aliphatic carbocycles. The molecule has 24 heavy (non-hydrogen) atoms. The molecule has 0 unspecified atom stereocenters. The van der Waals surface area contributed by atoms with Crippen molar-refractivity contribution < 1.29 is 14.4 Å². The van der Waals surface area contributed by atoms with Gasteiger partial charge in [-0.2, -0.15) is 0 Å². The smallest absolute Gasteiger partial charge is 0.273 e. The normalized spacial score (nSPS) is 16.5. The van der Waals surface area contributed by atoms with Gasteiger partial charge in [0, 0.05) is 0 Å². The van der Waals surface area contributed by atoms with E-state index in [1.807, 2.05) is 44.2 Å². The zero-order chi connectivity index (χ0) is 17.3. The highest BCUT2D eigenvalue weighted by Gasteiger charge is 2.37. The van der Waals surface area contributed by atoms with E-state index in [0.29, 0.717) is 11.3 Å². The highest BCUT2D eigenvalue weighted by Crippen LogP contribution is 2.26. The molecular weight excluding hydrogens is 304 g/mol. The Bertz CT molecular complexity index is 869. The first-order chi connectivity index (χ1) is 11.5. The summed E-state index contributed by atoms with van der Waals surface area (Å²) in [5.74, 6) is -1.31. The lowest BCUT2D eigenvalue weighted by Gasteiger charge is -2.27. The van der Waals surface area contributed by atoms with Crippen molar-refractivity contribution in [3.05, 3.63) is 70.8 Å². The predicted molar refractivity (Wildman–Crippen MR) is 91.4 cm³/mol. The third-order valence-electron chi connectivity index (χ3n) is 3.82. The Kier molecular flexibility index (Phi) is 4.00. The van der Waals surface area contributed by atoms with Gasteiger partial charge in [0.2, 0.25) is 0 Å². The Balaban J connectivity index is 2.07. The van der Waals surface area contributed by atoms with Gasteiger partial charge in [0.05, 0.1) is 5.69 Å². The summed E-state index contributed by atoms with van der Waals surface area (Å²) < 4.78 is 0. The molecule has 0 saturated carbocycles. The third kappa shape index (κ3) is 2.84. The first-order valence-corrected chi connectivity index (χ1v) is 7.51. The molecule has 120 valence electrons. The lowest BCUT2D eigenvalue weighted by atomic mass is 10.0. The molecule has 1 N–H and O–H groups in total. The molecule has 1 aliphatic rings. The number of barbiturate groups is 1. The molecule has 1 saturated heterocycles. The lowest BCUT2D eigenvalue weighted by molar-refractivity contribution is -0.122. The number of urea groups is 1. The zero-order valence-corrected chi connectivity index (χ0v) is 13.4. The first-order valence-electron chi connectivity index (χ1n) is 7.51. The molecule has 0 spiro atoms. The molecule has 0 aromatic heterocycles. The second-order valence-corrected chi connectivity index (χ2v) is 5.66. The van der Waals surface area contributed by atoms with Crippen molar-refractivity contribution in [3.8, 4) is 0 Å². The maximum Gasteiger partial charge on any atom is 0.335 e. The van der Waals surface area contributed by atoms with Crippen LogP contribution in [0.4, 0.5) is 10.5 Å². The molecule has 0 radical (unpaired) electrons. The maximum atomic E-state index is 12.8. The van der Waals surface area contributed by atoms with E-state index in [-0.39, 0.29) is 5.57 Å². The number of rotatable bonds is 2. The molecule has 0 atom stereocenters. The largest absolute Gasteiger partial charge is 0.335 e. The van der Waals surface area contributed by atoms with E-state index in [1.165, 1.54) is 6.08 Å². The van der Waals surface area contributed by atoms with Crippen LogP contribution in [-0.2, 0) is 9.59 Å². The van der Waals surface area contributed by atoms with Crippen LogP contribution in [0, 0.1) is 13.8 Å². The number of benzene rings is 2. The van der Waals surface area contributed by atoms with Crippen LogP contribution in [0.2, 0.25) is 0 Å². The van der Waals surface area contributed by atoms with E-state index < -0.39 is 17.8 Å². The van der Waals surface area contributed by atoms with Crippen molar-refractivity contribution in [1.82, 2.24) is 5.32 Å². The summed E-state index contributed by atoms with van der Waals surface area (Å²) in [6, 6.07) is 13.8. The summed E-state index contributed by atoms with van der Waals surface area (Å²) in [5.41, 5.74) is 2.82. The van der Waals surface area contributed by atoms with E-state index in [9.17, 15) is 14.4 Å². The minimum absolute atomic E-state index is 0.0679. The number of carbonyl (C=O) groups excluding carboxylic acids is 3. The Morgan fingerprint density at radius 1 is 0.958 bits per heavy atom. The minimum atomic E-state index is -0.732. The average Bonchev–Trinajstić information content (AvgIpc) is 2.55. The molecule has 2 aromatic rings. The van der Waals surface area contributed by atoms with Crippen LogP contribution in [0.25, 0.3) is 6.08 Å². The van der Waals surface area contributed by atoms with E-state index in [4.69, 9.17) is 0 Å². The summed E-state index contributed by atoms with van der Waals surface area (Å²) in [6.07, 6.45) is 1.49. The number of carbonyl (C=O) groups is 3. The van der Waals surface area contributed by atoms with Crippen LogP contribution in [0.15, 0.2) is 54.1 Å². The van der Waals surface area contributed by atoms with E-state index in [0.717, 1.165) is 16.0 Å². The van der Waals surface area contributed by atoms with Gasteiger partial charge in [-0.25, -0.2) is 9.69 Å². The Hall–Kier alpha value is -3.21. The van der Waals surface area contributed by atoms with Gasteiger partial charge < -0.3 is 0 Å². The van der Waals surface area contributed by atoms with Crippen molar-refractivity contribution in [3.63, 3.8) is 0 Å². The molecule has 0 bridgehead atoms. The summed E-state index contributed by atoms with van der Waals surface area (Å²) in [7, 11) is 0. The fourth-order valence-corrected chi connectivity index (χ4v) is 2.55.